The second-order valence-electron chi connectivity index (χ2n) is 5.79. The monoisotopic (exact) mass is 316 g/mol. The van der Waals surface area contributed by atoms with Crippen LogP contribution in [0.2, 0.25) is 0 Å². The van der Waals surface area contributed by atoms with E-state index < -0.39 is 0 Å². The number of nitrogens with zero attached hydrogens (tertiary/aromatic N) is 6. The Hall–Kier alpha value is -2.02. The first kappa shape index (κ1) is 14.9. The Labute approximate surface area is 133 Å². The first-order valence-corrected chi connectivity index (χ1v) is 8.15. The van der Waals surface area contributed by atoms with Crippen molar-refractivity contribution in [1.29, 1.82) is 0 Å². The maximum Gasteiger partial charge on any atom is 0.163 e. The van der Waals surface area contributed by atoms with Crippen molar-refractivity contribution in [3.63, 3.8) is 0 Å². The second kappa shape index (κ2) is 5.64. The molecule has 0 aliphatic rings. The van der Waals surface area contributed by atoms with Gasteiger partial charge in [-0.3, -0.25) is 4.68 Å². The number of thiazole rings is 1. The zero-order chi connectivity index (χ0) is 15.9. The van der Waals surface area contributed by atoms with E-state index in [0.29, 0.717) is 5.92 Å². The van der Waals surface area contributed by atoms with Gasteiger partial charge in [0, 0.05) is 25.4 Å². The third kappa shape index (κ3) is 2.56. The van der Waals surface area contributed by atoms with E-state index in [2.05, 4.69) is 39.2 Å². The van der Waals surface area contributed by atoms with Crippen molar-refractivity contribution in [2.45, 2.75) is 33.2 Å². The zero-order valence-electron chi connectivity index (χ0n) is 13.5. The van der Waals surface area contributed by atoms with Crippen molar-refractivity contribution in [3.05, 3.63) is 28.1 Å². The van der Waals surface area contributed by atoms with Crippen LogP contribution in [0, 0.1) is 6.92 Å². The minimum atomic E-state index is 0.468. The number of fused-ring (bicyclic) bond motifs is 1. The Bertz CT molecular complexity index is 804. The van der Waals surface area contributed by atoms with Gasteiger partial charge in [-0.15, -0.1) is 11.3 Å². The Morgan fingerprint density at radius 2 is 2.09 bits per heavy atom. The Kier molecular flexibility index (Phi) is 3.82. The number of aromatic nitrogens is 5. The summed E-state index contributed by atoms with van der Waals surface area (Å²) in [6.07, 6.45) is 1.59. The Morgan fingerprint density at radius 3 is 2.77 bits per heavy atom. The van der Waals surface area contributed by atoms with Crippen LogP contribution in [0.1, 0.15) is 36.2 Å². The third-order valence-electron chi connectivity index (χ3n) is 3.60. The van der Waals surface area contributed by atoms with Crippen molar-refractivity contribution in [3.8, 4) is 0 Å². The molecule has 6 nitrogen and oxygen atoms in total. The van der Waals surface area contributed by atoms with Crippen LogP contribution in [-0.2, 0) is 13.6 Å². The summed E-state index contributed by atoms with van der Waals surface area (Å²) in [4.78, 5) is 15.6. The Balaban J connectivity index is 1.93. The summed E-state index contributed by atoms with van der Waals surface area (Å²) in [5, 5.41) is 8.75. The van der Waals surface area contributed by atoms with E-state index in [9.17, 15) is 0 Å². The Morgan fingerprint density at radius 1 is 1.32 bits per heavy atom. The van der Waals surface area contributed by atoms with Gasteiger partial charge in [0.25, 0.3) is 0 Å². The van der Waals surface area contributed by atoms with Crippen LogP contribution in [0.4, 0.5) is 5.82 Å². The number of aryl methyl sites for hydroxylation is 2. The highest BCUT2D eigenvalue weighted by atomic mass is 32.1. The molecule has 116 valence electrons. The standard InChI is InChI=1S/C15H20N6S/c1-9(2)15-18-11(7-22-15)6-20(4)13-12-10(3)19-21(5)14(12)17-8-16-13/h7-9H,6H2,1-5H3. The van der Waals surface area contributed by atoms with E-state index in [1.807, 2.05) is 21.0 Å². The summed E-state index contributed by atoms with van der Waals surface area (Å²) in [6, 6.07) is 0. The molecule has 0 bridgehead atoms. The van der Waals surface area contributed by atoms with E-state index in [1.165, 1.54) is 5.01 Å². The van der Waals surface area contributed by atoms with Crippen molar-refractivity contribution in [2.24, 2.45) is 7.05 Å². The molecule has 0 spiro atoms. The van der Waals surface area contributed by atoms with E-state index in [-0.39, 0.29) is 0 Å². The summed E-state index contributed by atoms with van der Waals surface area (Å²) in [7, 11) is 3.93. The lowest BCUT2D eigenvalue weighted by Gasteiger charge is -2.17. The highest BCUT2D eigenvalue weighted by Crippen LogP contribution is 2.26. The van der Waals surface area contributed by atoms with Crippen molar-refractivity contribution in [2.75, 3.05) is 11.9 Å². The molecule has 0 fully saturated rings. The first-order valence-electron chi connectivity index (χ1n) is 7.27. The molecule has 0 aromatic carbocycles. The molecule has 0 aliphatic heterocycles. The van der Waals surface area contributed by atoms with E-state index >= 15 is 0 Å². The maximum absolute atomic E-state index is 4.70. The van der Waals surface area contributed by atoms with Gasteiger partial charge in [-0.25, -0.2) is 15.0 Å². The largest absolute Gasteiger partial charge is 0.353 e. The molecule has 0 amide bonds. The van der Waals surface area contributed by atoms with Gasteiger partial charge >= 0.3 is 0 Å². The topological polar surface area (TPSA) is 59.7 Å². The molecule has 0 saturated heterocycles. The van der Waals surface area contributed by atoms with Crippen LogP contribution in [0.3, 0.4) is 0 Å². The van der Waals surface area contributed by atoms with Gasteiger partial charge in [-0.1, -0.05) is 13.8 Å². The zero-order valence-corrected chi connectivity index (χ0v) is 14.3. The van der Waals surface area contributed by atoms with Gasteiger partial charge < -0.3 is 4.90 Å². The molecule has 0 saturated carbocycles. The minimum Gasteiger partial charge on any atom is -0.353 e. The summed E-state index contributed by atoms with van der Waals surface area (Å²) in [6.45, 7) is 7.05. The van der Waals surface area contributed by atoms with Crippen LogP contribution < -0.4 is 4.90 Å². The predicted octanol–water partition coefficient (Wildman–Crippen LogP) is 2.89. The number of hydrogen-bond acceptors (Lipinski definition) is 6. The quantitative estimate of drug-likeness (QED) is 0.740. The molecule has 3 aromatic heterocycles. The van der Waals surface area contributed by atoms with Crippen LogP contribution in [0.5, 0.6) is 0 Å². The van der Waals surface area contributed by atoms with Crippen molar-refractivity contribution >= 4 is 28.2 Å². The number of anilines is 1. The molecular formula is C15H20N6S. The van der Waals surface area contributed by atoms with Gasteiger partial charge in [0.05, 0.1) is 28.3 Å². The average Bonchev–Trinajstić information content (AvgIpc) is 3.05. The molecule has 0 aliphatic carbocycles. The van der Waals surface area contributed by atoms with Crippen LogP contribution >= 0.6 is 11.3 Å². The lowest BCUT2D eigenvalue weighted by atomic mass is 10.2. The maximum atomic E-state index is 4.70. The molecule has 22 heavy (non-hydrogen) atoms. The van der Waals surface area contributed by atoms with Gasteiger partial charge in [0.1, 0.15) is 12.1 Å². The fourth-order valence-corrected chi connectivity index (χ4v) is 3.35. The highest BCUT2D eigenvalue weighted by Gasteiger charge is 2.16. The molecule has 7 heteroatoms. The fourth-order valence-electron chi connectivity index (χ4n) is 2.53. The van der Waals surface area contributed by atoms with E-state index in [4.69, 9.17) is 4.98 Å². The minimum absolute atomic E-state index is 0.468. The SMILES string of the molecule is Cc1nn(C)c2ncnc(N(C)Cc3csc(C(C)C)n3)c12. The van der Waals surface area contributed by atoms with Crippen LogP contribution in [-0.4, -0.2) is 31.8 Å². The molecule has 0 radical (unpaired) electrons. The van der Waals surface area contributed by atoms with Gasteiger partial charge in [-0.05, 0) is 6.92 Å². The lowest BCUT2D eigenvalue weighted by Crippen LogP contribution is -2.18. The van der Waals surface area contributed by atoms with E-state index in [1.54, 1.807) is 22.3 Å². The molecule has 3 heterocycles. The van der Waals surface area contributed by atoms with Crippen molar-refractivity contribution < 1.29 is 0 Å². The molecular weight excluding hydrogens is 296 g/mol. The summed E-state index contributed by atoms with van der Waals surface area (Å²) in [5.41, 5.74) is 2.88. The number of rotatable bonds is 4. The summed E-state index contributed by atoms with van der Waals surface area (Å²) >= 11 is 1.72. The average molecular weight is 316 g/mol. The van der Waals surface area contributed by atoms with Crippen molar-refractivity contribution in [1.82, 2.24) is 24.7 Å². The molecule has 0 atom stereocenters. The normalized spacial score (nSPS) is 11.5. The highest BCUT2D eigenvalue weighted by molar-refractivity contribution is 7.09. The molecule has 0 N–H and O–H groups in total. The number of hydrogen-bond donors (Lipinski definition) is 0. The smallest absolute Gasteiger partial charge is 0.163 e. The second-order valence-corrected chi connectivity index (χ2v) is 6.68. The fraction of sp³-hybridized carbons (Fsp3) is 0.467. The van der Waals surface area contributed by atoms with E-state index in [0.717, 1.165) is 34.8 Å². The van der Waals surface area contributed by atoms with Gasteiger partial charge in [-0.2, -0.15) is 5.10 Å². The van der Waals surface area contributed by atoms with Crippen LogP contribution in [0.25, 0.3) is 11.0 Å². The predicted molar refractivity (Wildman–Crippen MR) is 89.4 cm³/mol. The first-order chi connectivity index (χ1) is 10.5. The third-order valence-corrected chi connectivity index (χ3v) is 4.79. The van der Waals surface area contributed by atoms with Crippen LogP contribution in [0.15, 0.2) is 11.7 Å². The summed E-state index contributed by atoms with van der Waals surface area (Å²) in [5.74, 6) is 1.37. The lowest BCUT2D eigenvalue weighted by molar-refractivity contribution is 0.773. The van der Waals surface area contributed by atoms with Gasteiger partial charge in [0.2, 0.25) is 0 Å². The van der Waals surface area contributed by atoms with Gasteiger partial charge in [0.15, 0.2) is 5.65 Å². The molecule has 3 aromatic rings. The molecule has 3 rings (SSSR count). The molecule has 0 unspecified atom stereocenters. The summed E-state index contributed by atoms with van der Waals surface area (Å²) < 4.78 is 1.80.